The van der Waals surface area contributed by atoms with Gasteiger partial charge in [0, 0.05) is 11.1 Å². The highest BCUT2D eigenvalue weighted by molar-refractivity contribution is 7.92. The molecule has 0 saturated heterocycles. The van der Waals surface area contributed by atoms with Crippen LogP contribution in [0.1, 0.15) is 24.8 Å². The summed E-state index contributed by atoms with van der Waals surface area (Å²) in [6, 6.07) is 14.7. The lowest BCUT2D eigenvalue weighted by Gasteiger charge is -2.17. The summed E-state index contributed by atoms with van der Waals surface area (Å²) in [5, 5.41) is 11.7. The van der Waals surface area contributed by atoms with Crippen molar-refractivity contribution in [3.05, 3.63) is 59.2 Å². The Balaban J connectivity index is 2.20. The Labute approximate surface area is 162 Å². The standard InChI is InChI=1S/C19H17ClN4O2S/c1-12(2)22-19-18(23-15-5-3-4-6-16(15)24-19)17(11-21)27(25,26)14-9-7-13(20)8-10-14/h3-10,12,17H,1-2H3,(H,22,24). The summed E-state index contributed by atoms with van der Waals surface area (Å²) in [6.07, 6.45) is 0. The fourth-order valence-corrected chi connectivity index (χ4v) is 4.12. The number of anilines is 1. The number of rotatable bonds is 5. The van der Waals surface area contributed by atoms with Gasteiger partial charge in [-0.3, -0.25) is 0 Å². The first-order valence-corrected chi connectivity index (χ1v) is 10.2. The Morgan fingerprint density at radius 1 is 1.04 bits per heavy atom. The molecule has 1 unspecified atom stereocenters. The van der Waals surface area contributed by atoms with Crippen LogP contribution in [0.15, 0.2) is 53.4 Å². The van der Waals surface area contributed by atoms with Gasteiger partial charge in [-0.2, -0.15) is 5.26 Å². The quantitative estimate of drug-likeness (QED) is 0.691. The number of aromatic nitrogens is 2. The van der Waals surface area contributed by atoms with Crippen molar-refractivity contribution in [2.45, 2.75) is 30.0 Å². The lowest BCUT2D eigenvalue weighted by atomic mass is 10.2. The van der Waals surface area contributed by atoms with Crippen LogP contribution in [0.2, 0.25) is 5.02 Å². The highest BCUT2D eigenvalue weighted by atomic mass is 35.5. The summed E-state index contributed by atoms with van der Waals surface area (Å²) >= 11 is 5.85. The molecule has 0 aliphatic rings. The van der Waals surface area contributed by atoms with E-state index in [2.05, 4.69) is 15.3 Å². The second-order valence-electron chi connectivity index (χ2n) is 6.25. The molecule has 1 aromatic heterocycles. The third-order valence-corrected chi connectivity index (χ3v) is 5.97. The summed E-state index contributed by atoms with van der Waals surface area (Å²) in [4.78, 5) is 8.95. The fourth-order valence-electron chi connectivity index (χ4n) is 2.61. The molecule has 0 aliphatic heterocycles. The third kappa shape index (κ3) is 3.87. The van der Waals surface area contributed by atoms with E-state index in [-0.39, 0.29) is 22.4 Å². The summed E-state index contributed by atoms with van der Waals surface area (Å²) in [5.41, 5.74) is 1.22. The molecule has 1 atom stereocenters. The molecule has 0 fully saturated rings. The van der Waals surface area contributed by atoms with Gasteiger partial charge >= 0.3 is 0 Å². The number of sulfone groups is 1. The Morgan fingerprint density at radius 2 is 1.63 bits per heavy atom. The van der Waals surface area contributed by atoms with Gasteiger partial charge in [0.1, 0.15) is 5.69 Å². The van der Waals surface area contributed by atoms with Crippen LogP contribution in [-0.2, 0) is 9.84 Å². The Bertz CT molecular complexity index is 1120. The van der Waals surface area contributed by atoms with Gasteiger partial charge in [0.25, 0.3) is 0 Å². The van der Waals surface area contributed by atoms with Crippen LogP contribution < -0.4 is 5.32 Å². The van der Waals surface area contributed by atoms with Crippen molar-refractivity contribution in [1.29, 1.82) is 5.26 Å². The molecule has 8 heteroatoms. The number of halogens is 1. The van der Waals surface area contributed by atoms with E-state index in [1.807, 2.05) is 26.0 Å². The minimum atomic E-state index is -4.01. The van der Waals surface area contributed by atoms with Gasteiger partial charge in [-0.25, -0.2) is 18.4 Å². The normalized spacial score (nSPS) is 12.7. The second kappa shape index (κ2) is 7.51. The monoisotopic (exact) mass is 400 g/mol. The van der Waals surface area contributed by atoms with E-state index in [4.69, 9.17) is 11.6 Å². The van der Waals surface area contributed by atoms with Crippen LogP contribution in [0.5, 0.6) is 0 Å². The number of fused-ring (bicyclic) bond motifs is 1. The molecule has 0 spiro atoms. The zero-order valence-corrected chi connectivity index (χ0v) is 16.3. The first-order valence-electron chi connectivity index (χ1n) is 8.25. The molecule has 0 amide bonds. The zero-order chi connectivity index (χ0) is 19.6. The van der Waals surface area contributed by atoms with Gasteiger partial charge in [0.15, 0.2) is 11.1 Å². The van der Waals surface area contributed by atoms with Crippen molar-refractivity contribution in [3.63, 3.8) is 0 Å². The molecule has 138 valence electrons. The number of benzene rings is 2. The van der Waals surface area contributed by atoms with Crippen LogP contribution in [0.4, 0.5) is 5.82 Å². The maximum absolute atomic E-state index is 13.1. The summed E-state index contributed by atoms with van der Waals surface area (Å²) in [7, 11) is -4.01. The molecule has 0 saturated carbocycles. The van der Waals surface area contributed by atoms with E-state index < -0.39 is 15.1 Å². The van der Waals surface area contributed by atoms with Crippen molar-refractivity contribution in [1.82, 2.24) is 9.97 Å². The van der Waals surface area contributed by atoms with Gasteiger partial charge in [-0.05, 0) is 50.2 Å². The molecular formula is C19H17ClN4O2S. The molecule has 3 rings (SSSR count). The molecule has 27 heavy (non-hydrogen) atoms. The predicted octanol–water partition coefficient (Wildman–Crippen LogP) is 4.14. The molecule has 6 nitrogen and oxygen atoms in total. The number of nitrogens with zero attached hydrogens (tertiary/aromatic N) is 3. The van der Waals surface area contributed by atoms with Crippen molar-refractivity contribution >= 4 is 38.3 Å². The number of hydrogen-bond donors (Lipinski definition) is 1. The lowest BCUT2D eigenvalue weighted by molar-refractivity contribution is 0.590. The Hall–Kier alpha value is -2.69. The maximum atomic E-state index is 13.1. The van der Waals surface area contributed by atoms with E-state index >= 15 is 0 Å². The Morgan fingerprint density at radius 3 is 2.19 bits per heavy atom. The predicted molar refractivity (Wildman–Crippen MR) is 105 cm³/mol. The molecule has 1 heterocycles. The van der Waals surface area contributed by atoms with Crippen molar-refractivity contribution in [3.8, 4) is 6.07 Å². The van der Waals surface area contributed by atoms with Gasteiger partial charge in [0.05, 0.1) is 22.0 Å². The van der Waals surface area contributed by atoms with Crippen LogP contribution >= 0.6 is 11.6 Å². The molecule has 0 aliphatic carbocycles. The molecular weight excluding hydrogens is 384 g/mol. The first kappa shape index (κ1) is 19.1. The number of hydrogen-bond acceptors (Lipinski definition) is 6. The molecule has 1 N–H and O–H groups in total. The third-order valence-electron chi connectivity index (χ3n) is 3.84. The maximum Gasteiger partial charge on any atom is 0.200 e. The summed E-state index contributed by atoms with van der Waals surface area (Å²) in [6.45, 7) is 3.80. The fraction of sp³-hybridized carbons (Fsp3) is 0.211. The molecule has 0 radical (unpaired) electrons. The average Bonchev–Trinajstić information content (AvgIpc) is 2.62. The average molecular weight is 401 g/mol. The van der Waals surface area contributed by atoms with Gasteiger partial charge < -0.3 is 5.32 Å². The Kier molecular flexibility index (Phi) is 5.31. The SMILES string of the molecule is CC(C)Nc1nc2ccccc2nc1C(C#N)S(=O)(=O)c1ccc(Cl)cc1. The minimum absolute atomic E-state index is 0.00362. The zero-order valence-electron chi connectivity index (χ0n) is 14.7. The summed E-state index contributed by atoms with van der Waals surface area (Å²) < 4.78 is 26.2. The van der Waals surface area contributed by atoms with Crippen molar-refractivity contribution in [2.24, 2.45) is 0 Å². The number of nitrogens with one attached hydrogen (secondary N) is 1. The highest BCUT2D eigenvalue weighted by Crippen LogP contribution is 2.32. The largest absolute Gasteiger partial charge is 0.366 e. The number of para-hydroxylation sites is 2. The summed E-state index contributed by atoms with van der Waals surface area (Å²) in [5.74, 6) is 0.285. The van der Waals surface area contributed by atoms with Gasteiger partial charge in [0.2, 0.25) is 9.84 Å². The van der Waals surface area contributed by atoms with Crippen LogP contribution in [0.3, 0.4) is 0 Å². The van der Waals surface area contributed by atoms with Crippen molar-refractivity contribution in [2.75, 3.05) is 5.32 Å². The first-order chi connectivity index (χ1) is 12.8. The minimum Gasteiger partial charge on any atom is -0.366 e. The lowest BCUT2D eigenvalue weighted by Crippen LogP contribution is -2.19. The molecule has 0 bridgehead atoms. The van der Waals surface area contributed by atoms with Gasteiger partial charge in [-0.15, -0.1) is 0 Å². The van der Waals surface area contributed by atoms with Gasteiger partial charge in [-0.1, -0.05) is 23.7 Å². The van der Waals surface area contributed by atoms with E-state index in [0.717, 1.165) is 0 Å². The molecule has 3 aromatic rings. The second-order valence-corrected chi connectivity index (χ2v) is 8.72. The van der Waals surface area contributed by atoms with Crippen molar-refractivity contribution < 1.29 is 8.42 Å². The topological polar surface area (TPSA) is 95.7 Å². The number of nitriles is 1. The van der Waals surface area contributed by atoms with E-state index in [1.54, 1.807) is 18.2 Å². The molecule has 2 aromatic carbocycles. The van der Waals surface area contributed by atoms with E-state index in [0.29, 0.717) is 16.1 Å². The van der Waals surface area contributed by atoms with E-state index in [1.165, 1.54) is 24.3 Å². The van der Waals surface area contributed by atoms with Crippen LogP contribution in [-0.4, -0.2) is 24.4 Å². The van der Waals surface area contributed by atoms with Crippen LogP contribution in [0, 0.1) is 11.3 Å². The van der Waals surface area contributed by atoms with E-state index in [9.17, 15) is 13.7 Å². The highest BCUT2D eigenvalue weighted by Gasteiger charge is 2.33. The smallest absolute Gasteiger partial charge is 0.200 e. The van der Waals surface area contributed by atoms with Crippen LogP contribution in [0.25, 0.3) is 11.0 Å².